The van der Waals surface area contributed by atoms with Gasteiger partial charge in [0.05, 0.1) is 0 Å². The lowest BCUT2D eigenvalue weighted by Crippen LogP contribution is -2.42. The van der Waals surface area contributed by atoms with Crippen molar-refractivity contribution in [3.8, 4) is 12.3 Å². The molecule has 1 heterocycles. The minimum atomic E-state index is 0.253. The van der Waals surface area contributed by atoms with Gasteiger partial charge in [-0.3, -0.25) is 4.79 Å². The Morgan fingerprint density at radius 3 is 2.65 bits per heavy atom. The third-order valence-electron chi connectivity index (χ3n) is 3.60. The zero-order valence-corrected chi connectivity index (χ0v) is 10.8. The van der Waals surface area contributed by atoms with E-state index < -0.39 is 0 Å². The number of carbonyl (C=O) groups is 1. The molecule has 0 radical (unpaired) electrons. The quantitative estimate of drug-likeness (QED) is 0.584. The van der Waals surface area contributed by atoms with Gasteiger partial charge in [-0.05, 0) is 38.5 Å². The fourth-order valence-electron chi connectivity index (χ4n) is 2.34. The molecular weight excluding hydrogens is 212 g/mol. The number of rotatable bonds is 5. The smallest absolute Gasteiger partial charge is 0.222 e. The number of terminal acetylenes is 1. The lowest BCUT2D eigenvalue weighted by molar-refractivity contribution is -0.132. The molecule has 0 aliphatic carbocycles. The lowest BCUT2D eigenvalue weighted by Gasteiger charge is -2.33. The standard InChI is InChI=1S/C14H24N2O/c1-3-4-5-6-7-14(17)16-10-8-13(9-11-16)12(2)15/h1,12-13H,4-11,15H2,2H3. The molecule has 0 aromatic carbocycles. The first-order valence-electron chi connectivity index (χ1n) is 6.62. The Kier molecular flexibility index (Phi) is 6.07. The molecule has 1 atom stereocenters. The third-order valence-corrected chi connectivity index (χ3v) is 3.60. The first kappa shape index (κ1) is 14.1. The number of nitrogens with two attached hydrogens (primary N) is 1. The van der Waals surface area contributed by atoms with Crippen LogP contribution in [0.2, 0.25) is 0 Å². The summed E-state index contributed by atoms with van der Waals surface area (Å²) in [6, 6.07) is 0.253. The van der Waals surface area contributed by atoms with Crippen LogP contribution in [0.15, 0.2) is 0 Å². The minimum absolute atomic E-state index is 0.253. The molecule has 1 rings (SSSR count). The molecule has 96 valence electrons. The molecule has 0 spiro atoms. The van der Waals surface area contributed by atoms with E-state index in [0.717, 1.165) is 45.2 Å². The fraction of sp³-hybridized carbons (Fsp3) is 0.786. The van der Waals surface area contributed by atoms with E-state index in [1.54, 1.807) is 0 Å². The molecule has 3 nitrogen and oxygen atoms in total. The number of hydrogen-bond acceptors (Lipinski definition) is 2. The fourth-order valence-corrected chi connectivity index (χ4v) is 2.34. The maximum Gasteiger partial charge on any atom is 0.222 e. The average Bonchev–Trinajstić information content (AvgIpc) is 2.34. The van der Waals surface area contributed by atoms with Crippen LogP contribution < -0.4 is 5.73 Å². The molecule has 3 heteroatoms. The van der Waals surface area contributed by atoms with Gasteiger partial charge in [-0.2, -0.15) is 0 Å². The molecule has 0 aromatic heterocycles. The van der Waals surface area contributed by atoms with E-state index in [-0.39, 0.29) is 11.9 Å². The maximum atomic E-state index is 11.9. The lowest BCUT2D eigenvalue weighted by atomic mass is 9.91. The van der Waals surface area contributed by atoms with Crippen molar-refractivity contribution in [2.75, 3.05) is 13.1 Å². The van der Waals surface area contributed by atoms with Crippen molar-refractivity contribution in [3.63, 3.8) is 0 Å². The number of hydrogen-bond donors (Lipinski definition) is 1. The van der Waals surface area contributed by atoms with Crippen LogP contribution in [-0.2, 0) is 4.79 Å². The number of unbranched alkanes of at least 4 members (excludes halogenated alkanes) is 2. The van der Waals surface area contributed by atoms with Gasteiger partial charge in [0.25, 0.3) is 0 Å². The zero-order valence-electron chi connectivity index (χ0n) is 10.8. The predicted molar refractivity (Wildman–Crippen MR) is 70.3 cm³/mol. The molecule has 1 aliphatic rings. The van der Waals surface area contributed by atoms with Crippen molar-refractivity contribution in [2.24, 2.45) is 11.7 Å². The molecule has 17 heavy (non-hydrogen) atoms. The third kappa shape index (κ3) is 4.79. The number of nitrogens with zero attached hydrogens (tertiary/aromatic N) is 1. The highest BCUT2D eigenvalue weighted by molar-refractivity contribution is 5.76. The molecule has 1 aliphatic heterocycles. The maximum absolute atomic E-state index is 11.9. The summed E-state index contributed by atoms with van der Waals surface area (Å²) in [7, 11) is 0. The van der Waals surface area contributed by atoms with E-state index in [9.17, 15) is 4.79 Å². The Morgan fingerprint density at radius 2 is 2.12 bits per heavy atom. The Balaban J connectivity index is 2.20. The highest BCUT2D eigenvalue weighted by Gasteiger charge is 2.24. The first-order chi connectivity index (χ1) is 8.15. The van der Waals surface area contributed by atoms with Crippen LogP contribution in [0, 0.1) is 18.3 Å². The zero-order chi connectivity index (χ0) is 12.7. The summed E-state index contributed by atoms with van der Waals surface area (Å²) >= 11 is 0. The van der Waals surface area contributed by atoms with Gasteiger partial charge in [-0.1, -0.05) is 0 Å². The Labute approximate surface area is 105 Å². The molecule has 0 aromatic rings. The van der Waals surface area contributed by atoms with Crippen molar-refractivity contribution in [1.82, 2.24) is 4.90 Å². The number of likely N-dealkylation sites (tertiary alicyclic amines) is 1. The van der Waals surface area contributed by atoms with Crippen LogP contribution in [0.3, 0.4) is 0 Å². The van der Waals surface area contributed by atoms with Gasteiger partial charge >= 0.3 is 0 Å². The van der Waals surface area contributed by atoms with Gasteiger partial charge < -0.3 is 10.6 Å². The summed E-state index contributed by atoms with van der Waals surface area (Å²) in [5.74, 6) is 3.47. The van der Waals surface area contributed by atoms with E-state index in [4.69, 9.17) is 12.2 Å². The normalized spacial score (nSPS) is 18.8. The second kappa shape index (κ2) is 7.34. The second-order valence-corrected chi connectivity index (χ2v) is 4.99. The first-order valence-corrected chi connectivity index (χ1v) is 6.62. The Morgan fingerprint density at radius 1 is 1.47 bits per heavy atom. The van der Waals surface area contributed by atoms with E-state index in [1.807, 2.05) is 4.90 Å². The van der Waals surface area contributed by atoms with Crippen LogP contribution in [0.1, 0.15) is 45.4 Å². The summed E-state index contributed by atoms with van der Waals surface area (Å²) in [6.07, 6.45) is 10.6. The van der Waals surface area contributed by atoms with Crippen LogP contribution in [-0.4, -0.2) is 29.9 Å². The van der Waals surface area contributed by atoms with Gasteiger partial charge in [-0.25, -0.2) is 0 Å². The molecule has 1 fully saturated rings. The van der Waals surface area contributed by atoms with E-state index in [1.165, 1.54) is 0 Å². The van der Waals surface area contributed by atoms with Gasteiger partial charge in [0.15, 0.2) is 0 Å². The topological polar surface area (TPSA) is 46.3 Å². The number of carbonyl (C=O) groups excluding carboxylic acids is 1. The van der Waals surface area contributed by atoms with Gasteiger partial charge in [0.2, 0.25) is 5.91 Å². The predicted octanol–water partition coefficient (Wildman–Crippen LogP) is 1.77. The molecule has 1 unspecified atom stereocenters. The van der Waals surface area contributed by atoms with E-state index in [0.29, 0.717) is 12.3 Å². The minimum Gasteiger partial charge on any atom is -0.343 e. The Hall–Kier alpha value is -1.01. The summed E-state index contributed by atoms with van der Waals surface area (Å²) in [4.78, 5) is 13.9. The Bertz CT molecular complexity index is 272. The van der Waals surface area contributed by atoms with E-state index >= 15 is 0 Å². The molecule has 1 amide bonds. The van der Waals surface area contributed by atoms with Crippen molar-refractivity contribution >= 4 is 5.91 Å². The van der Waals surface area contributed by atoms with Crippen molar-refractivity contribution < 1.29 is 4.79 Å². The summed E-state index contributed by atoms with van der Waals surface area (Å²) in [5.41, 5.74) is 5.88. The highest BCUT2D eigenvalue weighted by atomic mass is 16.2. The van der Waals surface area contributed by atoms with Crippen LogP contribution in [0.4, 0.5) is 0 Å². The summed E-state index contributed by atoms with van der Waals surface area (Å²) in [6.45, 7) is 3.81. The SMILES string of the molecule is C#CCCCCC(=O)N1CCC(C(C)N)CC1. The number of amides is 1. The van der Waals surface area contributed by atoms with Gasteiger partial charge in [0.1, 0.15) is 0 Å². The monoisotopic (exact) mass is 236 g/mol. The molecular formula is C14H24N2O. The van der Waals surface area contributed by atoms with Crippen molar-refractivity contribution in [2.45, 2.75) is 51.5 Å². The van der Waals surface area contributed by atoms with Gasteiger partial charge in [-0.15, -0.1) is 12.3 Å². The molecule has 1 saturated heterocycles. The van der Waals surface area contributed by atoms with Gasteiger partial charge in [0, 0.05) is 32.0 Å². The van der Waals surface area contributed by atoms with Crippen molar-refractivity contribution in [1.29, 1.82) is 0 Å². The largest absolute Gasteiger partial charge is 0.343 e. The molecule has 2 N–H and O–H groups in total. The van der Waals surface area contributed by atoms with Crippen LogP contribution in [0.25, 0.3) is 0 Å². The molecule has 0 saturated carbocycles. The highest BCUT2D eigenvalue weighted by Crippen LogP contribution is 2.20. The number of piperidine rings is 1. The van der Waals surface area contributed by atoms with Crippen LogP contribution in [0.5, 0.6) is 0 Å². The molecule has 0 bridgehead atoms. The van der Waals surface area contributed by atoms with Crippen LogP contribution >= 0.6 is 0 Å². The van der Waals surface area contributed by atoms with Crippen molar-refractivity contribution in [3.05, 3.63) is 0 Å². The summed E-state index contributed by atoms with van der Waals surface area (Å²) in [5, 5.41) is 0. The van der Waals surface area contributed by atoms with E-state index in [2.05, 4.69) is 12.8 Å². The average molecular weight is 236 g/mol. The second-order valence-electron chi connectivity index (χ2n) is 4.99. The summed E-state index contributed by atoms with van der Waals surface area (Å²) < 4.78 is 0.